The van der Waals surface area contributed by atoms with Crippen LogP contribution in [0.25, 0.3) is 16.6 Å². The molecule has 4 heteroatoms. The van der Waals surface area contributed by atoms with Crippen LogP contribution in [0.2, 0.25) is 0 Å². The average Bonchev–Trinajstić information content (AvgIpc) is 3.19. The minimum absolute atomic E-state index is 0.243. The van der Waals surface area contributed by atoms with Crippen LogP contribution < -0.4 is 4.74 Å². The molecule has 1 N–H and O–H groups in total. The fourth-order valence-electron chi connectivity index (χ4n) is 4.80. The molecular formula is C28H28FNO2. The Morgan fingerprint density at radius 3 is 2.41 bits per heavy atom. The van der Waals surface area contributed by atoms with Crippen LogP contribution in [0.3, 0.4) is 0 Å². The van der Waals surface area contributed by atoms with Gasteiger partial charge >= 0.3 is 0 Å². The van der Waals surface area contributed by atoms with Crippen LogP contribution in [-0.4, -0.2) is 15.3 Å². The Balaban J connectivity index is 1.57. The number of fused-ring (bicyclic) bond motifs is 1. The highest BCUT2D eigenvalue weighted by molar-refractivity contribution is 5.89. The Kier molecular flexibility index (Phi) is 5.48. The zero-order valence-electron chi connectivity index (χ0n) is 18.3. The van der Waals surface area contributed by atoms with Crippen molar-refractivity contribution in [3.63, 3.8) is 0 Å². The third-order valence-electron chi connectivity index (χ3n) is 6.64. The van der Waals surface area contributed by atoms with E-state index in [-0.39, 0.29) is 5.82 Å². The number of hydrogen-bond acceptors (Lipinski definition) is 2. The summed E-state index contributed by atoms with van der Waals surface area (Å²) in [4.78, 5) is 0. The molecule has 4 aromatic rings. The molecule has 0 unspecified atom stereocenters. The van der Waals surface area contributed by atoms with Gasteiger partial charge in [0.25, 0.3) is 0 Å². The monoisotopic (exact) mass is 429 g/mol. The molecule has 1 aliphatic rings. The van der Waals surface area contributed by atoms with Gasteiger partial charge < -0.3 is 14.4 Å². The first-order valence-corrected chi connectivity index (χ1v) is 11.3. The molecule has 0 saturated heterocycles. The molecule has 0 radical (unpaired) electrons. The van der Waals surface area contributed by atoms with Gasteiger partial charge in [0.05, 0.1) is 11.1 Å². The lowest BCUT2D eigenvalue weighted by Crippen LogP contribution is -2.30. The highest BCUT2D eigenvalue weighted by Gasteiger charge is 2.31. The smallest absolute Gasteiger partial charge is 0.129 e. The molecule has 0 aliphatic heterocycles. The van der Waals surface area contributed by atoms with E-state index in [0.717, 1.165) is 53.6 Å². The molecule has 0 amide bonds. The van der Waals surface area contributed by atoms with Gasteiger partial charge in [-0.05, 0) is 86.6 Å². The first-order chi connectivity index (χ1) is 15.5. The van der Waals surface area contributed by atoms with Crippen LogP contribution >= 0.6 is 0 Å². The molecule has 0 bridgehead atoms. The van der Waals surface area contributed by atoms with Gasteiger partial charge in [-0.15, -0.1) is 0 Å². The molecule has 0 spiro atoms. The van der Waals surface area contributed by atoms with Gasteiger partial charge in [0, 0.05) is 16.8 Å². The molecule has 1 heterocycles. The van der Waals surface area contributed by atoms with Crippen molar-refractivity contribution in [3.8, 4) is 11.4 Å². The molecule has 0 atom stereocenters. The van der Waals surface area contributed by atoms with Crippen molar-refractivity contribution in [2.45, 2.75) is 50.7 Å². The van der Waals surface area contributed by atoms with Gasteiger partial charge in [-0.3, -0.25) is 0 Å². The summed E-state index contributed by atoms with van der Waals surface area (Å²) >= 11 is 0. The lowest BCUT2D eigenvalue weighted by Gasteiger charge is -2.33. The van der Waals surface area contributed by atoms with Crippen molar-refractivity contribution in [3.05, 3.63) is 95.9 Å². The molecule has 164 valence electrons. The maximum Gasteiger partial charge on any atom is 0.129 e. The third kappa shape index (κ3) is 4.15. The van der Waals surface area contributed by atoms with E-state index in [9.17, 15) is 9.50 Å². The van der Waals surface area contributed by atoms with Crippen molar-refractivity contribution in [1.82, 2.24) is 4.57 Å². The highest BCUT2D eigenvalue weighted by Crippen LogP contribution is 2.42. The van der Waals surface area contributed by atoms with Crippen LogP contribution in [0.1, 0.15) is 49.8 Å². The van der Waals surface area contributed by atoms with E-state index >= 15 is 0 Å². The Hall–Kier alpha value is -3.11. The molecule has 32 heavy (non-hydrogen) atoms. The molecule has 1 aromatic heterocycles. The zero-order chi connectivity index (χ0) is 22.1. The van der Waals surface area contributed by atoms with E-state index in [1.807, 2.05) is 49.4 Å². The number of hydrogen-bond donors (Lipinski definition) is 1. The fourth-order valence-corrected chi connectivity index (χ4v) is 4.80. The lowest BCUT2D eigenvalue weighted by atomic mass is 9.78. The number of aromatic nitrogens is 1. The van der Waals surface area contributed by atoms with Crippen molar-refractivity contribution in [2.75, 3.05) is 0 Å². The van der Waals surface area contributed by atoms with Crippen molar-refractivity contribution >= 4 is 10.9 Å². The summed E-state index contributed by atoms with van der Waals surface area (Å²) < 4.78 is 22.1. The zero-order valence-corrected chi connectivity index (χ0v) is 18.3. The van der Waals surface area contributed by atoms with Crippen molar-refractivity contribution in [1.29, 1.82) is 0 Å². The number of aliphatic hydroxyl groups is 1. The predicted octanol–water partition coefficient (Wildman–Crippen LogP) is 6.76. The summed E-state index contributed by atoms with van der Waals surface area (Å²) in [7, 11) is 0. The SMILES string of the molecule is CC1(O)CCC(c2cc3c(OCc4ccccc4)cccc3n2-c2ccc(F)cc2)CC1. The summed E-state index contributed by atoms with van der Waals surface area (Å²) in [6.45, 7) is 2.43. The average molecular weight is 430 g/mol. The normalized spacial score (nSPS) is 21.0. The topological polar surface area (TPSA) is 34.4 Å². The van der Waals surface area contributed by atoms with Crippen LogP contribution in [0.4, 0.5) is 4.39 Å². The standard InChI is InChI=1S/C28H28FNO2/c1-28(31)16-14-21(15-17-28)26-18-24-25(30(26)23-12-10-22(29)11-13-23)8-5-9-27(24)32-19-20-6-3-2-4-7-20/h2-13,18,21,31H,14-17,19H2,1H3. The van der Waals surface area contributed by atoms with Crippen LogP contribution in [0.5, 0.6) is 5.75 Å². The second kappa shape index (κ2) is 8.44. The highest BCUT2D eigenvalue weighted by atomic mass is 19.1. The Morgan fingerprint density at radius 1 is 0.969 bits per heavy atom. The molecule has 1 saturated carbocycles. The first-order valence-electron chi connectivity index (χ1n) is 11.3. The summed E-state index contributed by atoms with van der Waals surface area (Å²) in [6.07, 6.45) is 3.40. The summed E-state index contributed by atoms with van der Waals surface area (Å²) in [5.74, 6) is 0.929. The van der Waals surface area contributed by atoms with Gasteiger partial charge in [0.15, 0.2) is 0 Å². The van der Waals surface area contributed by atoms with E-state index in [1.165, 1.54) is 17.8 Å². The van der Waals surface area contributed by atoms with E-state index in [0.29, 0.717) is 12.5 Å². The van der Waals surface area contributed by atoms with Crippen molar-refractivity contribution < 1.29 is 14.2 Å². The Bertz CT molecular complexity index is 1200. The molecule has 5 rings (SSSR count). The fraction of sp³-hybridized carbons (Fsp3) is 0.286. The number of benzene rings is 3. The summed E-state index contributed by atoms with van der Waals surface area (Å²) in [5, 5.41) is 11.5. The number of nitrogens with zero attached hydrogens (tertiary/aromatic N) is 1. The van der Waals surface area contributed by atoms with E-state index in [1.54, 1.807) is 0 Å². The first kappa shape index (κ1) is 20.8. The van der Waals surface area contributed by atoms with E-state index < -0.39 is 5.60 Å². The molecule has 1 fully saturated rings. The largest absolute Gasteiger partial charge is 0.488 e. The quantitative estimate of drug-likeness (QED) is 0.380. The van der Waals surface area contributed by atoms with Crippen molar-refractivity contribution in [2.24, 2.45) is 0 Å². The maximum atomic E-state index is 13.7. The van der Waals surface area contributed by atoms with Gasteiger partial charge in [0.1, 0.15) is 18.2 Å². The van der Waals surface area contributed by atoms with Crippen LogP contribution in [0, 0.1) is 5.82 Å². The molecule has 3 aromatic carbocycles. The minimum Gasteiger partial charge on any atom is -0.488 e. The molecule has 1 aliphatic carbocycles. The lowest BCUT2D eigenvalue weighted by molar-refractivity contribution is 0.0167. The van der Waals surface area contributed by atoms with Gasteiger partial charge in [-0.2, -0.15) is 0 Å². The summed E-state index contributed by atoms with van der Waals surface area (Å²) in [5.41, 5.74) is 3.71. The van der Waals surface area contributed by atoms with Gasteiger partial charge in [-0.1, -0.05) is 36.4 Å². The number of rotatable bonds is 5. The van der Waals surface area contributed by atoms with E-state index in [4.69, 9.17) is 4.74 Å². The Morgan fingerprint density at radius 2 is 1.69 bits per heavy atom. The van der Waals surface area contributed by atoms with Gasteiger partial charge in [0.2, 0.25) is 0 Å². The van der Waals surface area contributed by atoms with E-state index in [2.05, 4.69) is 28.8 Å². The maximum absolute atomic E-state index is 13.7. The minimum atomic E-state index is -0.590. The number of ether oxygens (including phenoxy) is 1. The van der Waals surface area contributed by atoms with Crippen LogP contribution in [-0.2, 0) is 6.61 Å². The predicted molar refractivity (Wildman–Crippen MR) is 126 cm³/mol. The molecular weight excluding hydrogens is 401 g/mol. The number of halogens is 1. The second-order valence-corrected chi connectivity index (χ2v) is 9.12. The third-order valence-corrected chi connectivity index (χ3v) is 6.64. The summed E-state index contributed by atoms with van der Waals surface area (Å²) in [6, 6.07) is 25.2. The Labute approximate surface area is 188 Å². The van der Waals surface area contributed by atoms with Gasteiger partial charge in [-0.25, -0.2) is 4.39 Å². The van der Waals surface area contributed by atoms with Crippen LogP contribution in [0.15, 0.2) is 78.9 Å². The molecule has 3 nitrogen and oxygen atoms in total. The second-order valence-electron chi connectivity index (χ2n) is 9.12.